The van der Waals surface area contributed by atoms with E-state index in [0.717, 1.165) is 5.57 Å². The van der Waals surface area contributed by atoms with Crippen molar-refractivity contribution in [2.45, 2.75) is 66.1 Å². The summed E-state index contributed by atoms with van der Waals surface area (Å²) >= 11 is 0. The smallest absolute Gasteiger partial charge is 0.405 e. The molecule has 10 nitrogen and oxygen atoms in total. The maximum Gasteiger partial charge on any atom is 0.405 e. The summed E-state index contributed by atoms with van der Waals surface area (Å²) in [6.45, 7) is 10.3. The fourth-order valence-electron chi connectivity index (χ4n) is 5.03. The van der Waals surface area contributed by atoms with Gasteiger partial charge in [-0.15, -0.1) is 0 Å². The Hall–Kier alpha value is -3.50. The van der Waals surface area contributed by atoms with Crippen LogP contribution in [0.2, 0.25) is 0 Å². The van der Waals surface area contributed by atoms with Crippen LogP contribution in [0.4, 0.5) is 4.79 Å². The quantitative estimate of drug-likeness (QED) is 0.291. The van der Waals surface area contributed by atoms with E-state index in [0.29, 0.717) is 43.5 Å². The van der Waals surface area contributed by atoms with Gasteiger partial charge in [-0.3, -0.25) is 14.4 Å². The second kappa shape index (κ2) is 15.5. The van der Waals surface area contributed by atoms with Crippen LogP contribution >= 0.6 is 0 Å². The van der Waals surface area contributed by atoms with Crippen LogP contribution in [0, 0.1) is 17.8 Å². The number of nitrogens with two attached hydrogens (primary N) is 1. The van der Waals surface area contributed by atoms with Crippen molar-refractivity contribution in [2.24, 2.45) is 23.5 Å². The molecule has 2 rings (SSSR count). The number of hydrogen-bond acceptors (Lipinski definition) is 8. The number of Topliss-reactive ketones (excluding diaryl/α,β-unsaturated/α-hetero) is 1. The maximum absolute atomic E-state index is 13.5. The molecule has 226 valence electrons. The number of rotatable bonds is 5. The number of hydrogen-bond donors (Lipinski definition) is 4. The number of allylic oxidation sites excluding steroid dienone is 4. The first-order valence-electron chi connectivity index (χ1n) is 14.1. The van der Waals surface area contributed by atoms with E-state index in [4.69, 9.17) is 10.5 Å². The topological polar surface area (TPSA) is 151 Å². The number of carbonyl (C=O) groups excluding carboxylic acids is 4. The highest BCUT2D eigenvalue weighted by Crippen LogP contribution is 2.27. The van der Waals surface area contributed by atoms with E-state index in [9.17, 15) is 24.3 Å². The zero-order valence-electron chi connectivity index (χ0n) is 25.3. The molecule has 0 fully saturated rings. The number of carbonyl (C=O) groups is 4. The monoisotopic (exact) mass is 570 g/mol. The molecule has 2 amide bonds. The molecule has 0 aromatic rings. The minimum absolute atomic E-state index is 0.0624. The third-order valence-electron chi connectivity index (χ3n) is 7.47. The van der Waals surface area contributed by atoms with Gasteiger partial charge in [0.2, 0.25) is 11.6 Å². The number of likely N-dealkylation sites (N-methyl/N-ethyl adjacent to an activating group) is 1. The number of ether oxygens (including phenoxy) is 1. The van der Waals surface area contributed by atoms with Crippen molar-refractivity contribution in [1.82, 2.24) is 15.5 Å². The molecule has 0 spiro atoms. The van der Waals surface area contributed by atoms with Crippen LogP contribution < -0.4 is 16.4 Å². The standard InChI is InChI=1S/C31H46N4O6/c1-18-10-9-13-23-26(33-14-15-35(6)7)25(36)17-24(28(23)38)34-30(39)20(3)12-8-11-19(2)29(41-31(32)40)22(5)16-21(4)27(18)37/h8,11-12,16-19,21,27,29,33,37H,9-10,13-15H2,1-7H3,(H2,32,40)(H,34,39)/b11-8-,20-12+,22-16+/t18-,19-,21-,27-,29+/m0/s1. The molecule has 2 bridgehead atoms. The summed E-state index contributed by atoms with van der Waals surface area (Å²) in [4.78, 5) is 53.1. The highest BCUT2D eigenvalue weighted by atomic mass is 16.6. The average molecular weight is 571 g/mol. The molecule has 0 saturated heterocycles. The highest BCUT2D eigenvalue weighted by molar-refractivity contribution is 6.23. The van der Waals surface area contributed by atoms with Gasteiger partial charge in [-0.25, -0.2) is 4.79 Å². The van der Waals surface area contributed by atoms with Gasteiger partial charge in [0.15, 0.2) is 0 Å². The average Bonchev–Trinajstić information content (AvgIpc) is 2.89. The predicted octanol–water partition coefficient (Wildman–Crippen LogP) is 2.91. The minimum Gasteiger partial charge on any atom is -0.441 e. The Bertz CT molecular complexity index is 1160. The largest absolute Gasteiger partial charge is 0.441 e. The molecule has 1 aliphatic carbocycles. The summed E-state index contributed by atoms with van der Waals surface area (Å²) < 4.78 is 5.40. The summed E-state index contributed by atoms with van der Waals surface area (Å²) in [6, 6.07) is 0. The van der Waals surface area contributed by atoms with Gasteiger partial charge in [0.25, 0.3) is 5.91 Å². The maximum atomic E-state index is 13.5. The Labute approximate surface area is 243 Å². The summed E-state index contributed by atoms with van der Waals surface area (Å²) in [5.41, 5.74) is 6.93. The third kappa shape index (κ3) is 9.82. The first-order chi connectivity index (χ1) is 19.2. The lowest BCUT2D eigenvalue weighted by atomic mass is 9.85. The molecule has 10 heteroatoms. The zero-order chi connectivity index (χ0) is 30.9. The number of aliphatic hydroxyl groups excluding tert-OH is 1. The molecule has 0 aromatic carbocycles. The second-order valence-electron chi connectivity index (χ2n) is 11.4. The number of aliphatic hydroxyl groups is 1. The fourth-order valence-corrected chi connectivity index (χ4v) is 5.03. The fraction of sp³-hybridized carbons (Fsp3) is 0.548. The summed E-state index contributed by atoms with van der Waals surface area (Å²) in [5, 5.41) is 16.8. The Balaban J connectivity index is 2.47. The van der Waals surface area contributed by atoms with Gasteiger partial charge < -0.3 is 31.1 Å². The molecule has 1 aliphatic heterocycles. The third-order valence-corrected chi connectivity index (χ3v) is 7.47. The van der Waals surface area contributed by atoms with Crippen LogP contribution in [0.15, 0.2) is 58.5 Å². The highest BCUT2D eigenvalue weighted by Gasteiger charge is 2.30. The lowest BCUT2D eigenvalue weighted by Gasteiger charge is -2.27. The van der Waals surface area contributed by atoms with Crippen LogP contribution in [-0.4, -0.2) is 73.0 Å². The Morgan fingerprint density at radius 2 is 1.85 bits per heavy atom. The number of ketones is 2. The Morgan fingerprint density at radius 1 is 1.17 bits per heavy atom. The molecule has 41 heavy (non-hydrogen) atoms. The molecular formula is C31H46N4O6. The van der Waals surface area contributed by atoms with Gasteiger partial charge in [0, 0.05) is 42.1 Å². The van der Waals surface area contributed by atoms with Gasteiger partial charge >= 0.3 is 6.09 Å². The number of amides is 2. The Kier molecular flexibility index (Phi) is 12.7. The van der Waals surface area contributed by atoms with Crippen LogP contribution in [0.1, 0.15) is 53.9 Å². The summed E-state index contributed by atoms with van der Waals surface area (Å²) in [7, 11) is 3.83. The predicted molar refractivity (Wildman–Crippen MR) is 158 cm³/mol. The van der Waals surface area contributed by atoms with Crippen LogP contribution in [0.3, 0.4) is 0 Å². The van der Waals surface area contributed by atoms with E-state index in [1.54, 1.807) is 25.2 Å². The molecule has 2 aliphatic rings. The molecule has 0 unspecified atom stereocenters. The first-order valence-corrected chi connectivity index (χ1v) is 14.1. The van der Waals surface area contributed by atoms with Gasteiger partial charge in [0.05, 0.1) is 17.5 Å². The van der Waals surface area contributed by atoms with Gasteiger partial charge in [-0.1, -0.05) is 45.1 Å². The number of nitrogens with one attached hydrogen (secondary N) is 2. The van der Waals surface area contributed by atoms with E-state index in [2.05, 4.69) is 10.6 Å². The summed E-state index contributed by atoms with van der Waals surface area (Å²) in [5.74, 6) is -1.93. The SMILES string of the molecule is C/C1=C\C=C/[C@H](C)[C@@H](OC(N)=O)/C(C)=C/[C@H](C)[C@@H](O)[C@@H](C)CCCC2=C(NCCN(C)C)C(=O)C=C(NC1=O)C2=O. The van der Waals surface area contributed by atoms with Crippen molar-refractivity contribution in [1.29, 1.82) is 0 Å². The molecule has 5 N–H and O–H groups in total. The number of primary amides is 1. The van der Waals surface area contributed by atoms with Crippen LogP contribution in [0.25, 0.3) is 0 Å². The van der Waals surface area contributed by atoms with E-state index in [1.165, 1.54) is 6.08 Å². The van der Waals surface area contributed by atoms with Gasteiger partial charge in [-0.05, 0) is 58.7 Å². The van der Waals surface area contributed by atoms with E-state index >= 15 is 0 Å². The number of nitrogens with zero attached hydrogens (tertiary/aromatic N) is 1. The van der Waals surface area contributed by atoms with Crippen molar-refractivity contribution < 1.29 is 29.0 Å². The normalized spacial score (nSPS) is 30.5. The van der Waals surface area contributed by atoms with Crippen molar-refractivity contribution in [3.05, 3.63) is 58.5 Å². The lowest BCUT2D eigenvalue weighted by molar-refractivity contribution is -0.120. The molecule has 1 heterocycles. The van der Waals surface area contributed by atoms with Crippen molar-refractivity contribution >= 4 is 23.6 Å². The van der Waals surface area contributed by atoms with Gasteiger partial charge in [0.1, 0.15) is 6.10 Å². The second-order valence-corrected chi connectivity index (χ2v) is 11.4. The first kappa shape index (κ1) is 33.7. The van der Waals surface area contributed by atoms with Crippen LogP contribution in [0.5, 0.6) is 0 Å². The molecule has 0 radical (unpaired) electrons. The number of fused-ring (bicyclic) bond motifs is 2. The molecule has 0 aromatic heterocycles. The minimum atomic E-state index is -0.905. The van der Waals surface area contributed by atoms with Gasteiger partial charge in [-0.2, -0.15) is 0 Å². The van der Waals surface area contributed by atoms with Crippen molar-refractivity contribution in [2.75, 3.05) is 27.2 Å². The molecular weight excluding hydrogens is 524 g/mol. The molecule has 5 atom stereocenters. The lowest BCUT2D eigenvalue weighted by Crippen LogP contribution is -2.37. The van der Waals surface area contributed by atoms with E-state index in [1.807, 2.05) is 52.8 Å². The Morgan fingerprint density at radius 3 is 2.49 bits per heavy atom. The zero-order valence-corrected chi connectivity index (χ0v) is 25.3. The van der Waals surface area contributed by atoms with Crippen molar-refractivity contribution in [3.8, 4) is 0 Å². The van der Waals surface area contributed by atoms with E-state index in [-0.39, 0.29) is 34.9 Å². The summed E-state index contributed by atoms with van der Waals surface area (Å²) in [6.07, 6.45) is 7.29. The van der Waals surface area contributed by atoms with Crippen LogP contribution in [-0.2, 0) is 19.1 Å². The molecule has 0 saturated carbocycles. The van der Waals surface area contributed by atoms with Crippen molar-refractivity contribution in [3.63, 3.8) is 0 Å². The van der Waals surface area contributed by atoms with E-state index < -0.39 is 30.0 Å².